The van der Waals surface area contributed by atoms with Crippen molar-refractivity contribution in [3.05, 3.63) is 42.5 Å². The molecule has 5 heteroatoms. The van der Waals surface area contributed by atoms with Crippen LogP contribution >= 0.6 is 0 Å². The van der Waals surface area contributed by atoms with Gasteiger partial charge >= 0.3 is 0 Å². The maximum atomic E-state index is 10.9. The van der Waals surface area contributed by atoms with Gasteiger partial charge in [-0.05, 0) is 30.3 Å². The fourth-order valence-electron chi connectivity index (χ4n) is 1.57. The summed E-state index contributed by atoms with van der Waals surface area (Å²) in [6, 6.07) is 11.7. The molecule has 2 rings (SSSR count). The van der Waals surface area contributed by atoms with Crippen molar-refractivity contribution in [3.8, 4) is 17.2 Å². The Hall–Kier alpha value is -2.53. The fraction of sp³-hybridized carbons (Fsp3) is 0.0714. The van der Waals surface area contributed by atoms with Gasteiger partial charge in [-0.3, -0.25) is 4.79 Å². The van der Waals surface area contributed by atoms with Crippen LogP contribution in [0.3, 0.4) is 0 Å². The number of amides is 1. The highest BCUT2D eigenvalue weighted by atomic mass is 16.5. The van der Waals surface area contributed by atoms with Crippen LogP contribution in [-0.2, 0) is 4.79 Å². The molecule has 1 amide bonds. The number of phenolic OH excluding ortho intramolecular Hbond substituents is 1. The summed E-state index contributed by atoms with van der Waals surface area (Å²) >= 11 is 0. The van der Waals surface area contributed by atoms with Crippen LogP contribution in [0.4, 0.5) is 11.4 Å². The molecule has 19 heavy (non-hydrogen) atoms. The van der Waals surface area contributed by atoms with Crippen LogP contribution in [-0.4, -0.2) is 11.0 Å². The van der Waals surface area contributed by atoms with Crippen molar-refractivity contribution >= 4 is 17.3 Å². The SMILES string of the molecule is CC(=O)Nc1ccc(Oc2cc(O)ccc2[NH3+])cc1. The summed E-state index contributed by atoms with van der Waals surface area (Å²) < 4.78 is 5.61. The molecule has 0 spiro atoms. The number of nitrogens with one attached hydrogen (secondary N) is 1. The molecule has 2 aromatic rings. The largest absolute Gasteiger partial charge is 0.508 e. The number of carbonyl (C=O) groups is 1. The van der Waals surface area contributed by atoms with Crippen LogP contribution < -0.4 is 15.8 Å². The first-order valence-electron chi connectivity index (χ1n) is 5.75. The first kappa shape index (κ1) is 12.9. The molecule has 0 saturated carbocycles. The van der Waals surface area contributed by atoms with E-state index in [1.54, 1.807) is 36.4 Å². The zero-order valence-electron chi connectivity index (χ0n) is 10.5. The standard InChI is InChI=1S/C14H14N2O3/c1-9(17)16-10-2-5-12(6-3-10)19-14-8-11(18)4-7-13(14)15/h2-8,18H,15H2,1H3,(H,16,17)/p+1. The average Bonchev–Trinajstić information content (AvgIpc) is 2.35. The number of hydrogen-bond acceptors (Lipinski definition) is 3. The second kappa shape index (κ2) is 5.41. The molecule has 0 fully saturated rings. The van der Waals surface area contributed by atoms with E-state index in [4.69, 9.17) is 4.74 Å². The van der Waals surface area contributed by atoms with Crippen molar-refractivity contribution in [2.75, 3.05) is 5.32 Å². The fourth-order valence-corrected chi connectivity index (χ4v) is 1.57. The first-order chi connectivity index (χ1) is 9.04. The predicted octanol–water partition coefficient (Wildman–Crippen LogP) is 2.02. The number of quaternary nitrogens is 1. The molecule has 0 aliphatic heterocycles. The summed E-state index contributed by atoms with van der Waals surface area (Å²) in [5, 5.41) is 12.1. The minimum Gasteiger partial charge on any atom is -0.508 e. The normalized spacial score (nSPS) is 10.0. The first-order valence-corrected chi connectivity index (χ1v) is 5.75. The molecule has 0 bridgehead atoms. The lowest BCUT2D eigenvalue weighted by atomic mass is 10.2. The maximum Gasteiger partial charge on any atom is 0.221 e. The summed E-state index contributed by atoms with van der Waals surface area (Å²) in [5.41, 5.74) is 5.21. The molecule has 0 saturated heterocycles. The van der Waals surface area contributed by atoms with Gasteiger partial charge in [-0.25, -0.2) is 0 Å². The van der Waals surface area contributed by atoms with Gasteiger partial charge < -0.3 is 20.9 Å². The second-order valence-electron chi connectivity index (χ2n) is 4.10. The number of carbonyl (C=O) groups excluding carboxylic acids is 1. The minimum absolute atomic E-state index is 0.122. The molecular weight excluding hydrogens is 244 g/mol. The molecular formula is C14H15N2O3+. The third-order valence-electron chi connectivity index (χ3n) is 2.45. The summed E-state index contributed by atoms with van der Waals surface area (Å²) in [7, 11) is 0. The number of rotatable bonds is 3. The van der Waals surface area contributed by atoms with Crippen molar-refractivity contribution in [2.24, 2.45) is 0 Å². The van der Waals surface area contributed by atoms with Gasteiger partial charge in [-0.15, -0.1) is 0 Å². The second-order valence-corrected chi connectivity index (χ2v) is 4.10. The van der Waals surface area contributed by atoms with E-state index in [1.807, 2.05) is 0 Å². The summed E-state index contributed by atoms with van der Waals surface area (Å²) in [5.74, 6) is 1.09. The van der Waals surface area contributed by atoms with Crippen molar-refractivity contribution in [1.29, 1.82) is 0 Å². The summed E-state index contributed by atoms with van der Waals surface area (Å²) in [4.78, 5) is 10.9. The predicted molar refractivity (Wildman–Crippen MR) is 71.5 cm³/mol. The maximum absolute atomic E-state index is 10.9. The molecule has 98 valence electrons. The molecule has 2 aromatic carbocycles. The molecule has 0 atom stereocenters. The molecule has 5 nitrogen and oxygen atoms in total. The van der Waals surface area contributed by atoms with E-state index in [0.717, 1.165) is 0 Å². The van der Waals surface area contributed by atoms with Gasteiger partial charge in [0.25, 0.3) is 0 Å². The lowest BCUT2D eigenvalue weighted by Gasteiger charge is -2.08. The van der Waals surface area contributed by atoms with E-state index in [9.17, 15) is 9.90 Å². The van der Waals surface area contributed by atoms with Crippen molar-refractivity contribution in [2.45, 2.75) is 6.92 Å². The van der Waals surface area contributed by atoms with Crippen LogP contribution in [0.5, 0.6) is 17.2 Å². The third kappa shape index (κ3) is 3.46. The Bertz CT molecular complexity index is 594. The number of phenols is 1. The highest BCUT2D eigenvalue weighted by Crippen LogP contribution is 2.30. The zero-order valence-corrected chi connectivity index (χ0v) is 10.5. The number of benzene rings is 2. The Morgan fingerprint density at radius 2 is 1.89 bits per heavy atom. The lowest BCUT2D eigenvalue weighted by molar-refractivity contribution is -0.256. The van der Waals surface area contributed by atoms with Crippen LogP contribution in [0.1, 0.15) is 6.92 Å². The monoisotopic (exact) mass is 259 g/mol. The van der Waals surface area contributed by atoms with Crippen LogP contribution in [0, 0.1) is 0 Å². The summed E-state index contributed by atoms with van der Waals surface area (Å²) in [6.45, 7) is 1.45. The smallest absolute Gasteiger partial charge is 0.221 e. The highest BCUT2D eigenvalue weighted by molar-refractivity contribution is 5.88. The number of hydrogen-bond donors (Lipinski definition) is 3. The number of ether oxygens (including phenoxy) is 1. The van der Waals surface area contributed by atoms with Gasteiger partial charge in [0.15, 0.2) is 11.4 Å². The molecule has 0 radical (unpaired) electrons. The van der Waals surface area contributed by atoms with E-state index in [1.165, 1.54) is 13.0 Å². The molecule has 0 unspecified atom stereocenters. The Balaban J connectivity index is 2.15. The van der Waals surface area contributed by atoms with Gasteiger partial charge in [0.1, 0.15) is 11.5 Å². The van der Waals surface area contributed by atoms with Gasteiger partial charge in [0.2, 0.25) is 5.91 Å². The van der Waals surface area contributed by atoms with Gasteiger partial charge in [0.05, 0.1) is 0 Å². The molecule has 0 aromatic heterocycles. The topological polar surface area (TPSA) is 86.2 Å². The average molecular weight is 259 g/mol. The van der Waals surface area contributed by atoms with E-state index in [0.29, 0.717) is 22.9 Å². The van der Waals surface area contributed by atoms with Crippen LogP contribution in [0.15, 0.2) is 42.5 Å². The Morgan fingerprint density at radius 3 is 2.53 bits per heavy atom. The third-order valence-corrected chi connectivity index (χ3v) is 2.45. The van der Waals surface area contributed by atoms with Crippen molar-refractivity contribution in [1.82, 2.24) is 0 Å². The van der Waals surface area contributed by atoms with E-state index < -0.39 is 0 Å². The van der Waals surface area contributed by atoms with Gasteiger partial charge in [-0.1, -0.05) is 0 Å². The number of aromatic hydroxyl groups is 1. The quantitative estimate of drug-likeness (QED) is 0.788. The molecule has 0 heterocycles. The van der Waals surface area contributed by atoms with Gasteiger partial charge in [-0.2, -0.15) is 0 Å². The molecule has 5 N–H and O–H groups in total. The Morgan fingerprint density at radius 1 is 1.21 bits per heavy atom. The summed E-state index contributed by atoms with van der Waals surface area (Å²) in [6.07, 6.45) is 0. The Kier molecular flexibility index (Phi) is 3.68. The molecule has 0 aliphatic rings. The van der Waals surface area contributed by atoms with E-state index in [-0.39, 0.29) is 11.7 Å². The minimum atomic E-state index is -0.123. The highest BCUT2D eigenvalue weighted by Gasteiger charge is 2.06. The van der Waals surface area contributed by atoms with Gasteiger partial charge in [0, 0.05) is 24.7 Å². The van der Waals surface area contributed by atoms with Crippen LogP contribution in [0.25, 0.3) is 0 Å². The van der Waals surface area contributed by atoms with Crippen LogP contribution in [0.2, 0.25) is 0 Å². The molecule has 0 aliphatic carbocycles. The van der Waals surface area contributed by atoms with E-state index >= 15 is 0 Å². The number of anilines is 1. The lowest BCUT2D eigenvalue weighted by Crippen LogP contribution is -2.40. The zero-order chi connectivity index (χ0) is 13.8. The van der Waals surface area contributed by atoms with E-state index in [2.05, 4.69) is 11.1 Å². The Labute approximate surface area is 110 Å². The van der Waals surface area contributed by atoms with Crippen molar-refractivity contribution < 1.29 is 20.4 Å². The van der Waals surface area contributed by atoms with Crippen molar-refractivity contribution in [3.63, 3.8) is 0 Å².